The largest absolute Gasteiger partial charge is 2.00 e. The first-order valence-electron chi connectivity index (χ1n) is 16.2. The van der Waals surface area contributed by atoms with E-state index < -0.39 is 0 Å². The summed E-state index contributed by atoms with van der Waals surface area (Å²) in [7, 11) is 0. The van der Waals surface area contributed by atoms with Gasteiger partial charge in [0.2, 0.25) is 5.95 Å². The molecule has 0 aliphatic heterocycles. The number of hydrogen-bond acceptors (Lipinski definition) is 6. The van der Waals surface area contributed by atoms with Gasteiger partial charge in [-0.1, -0.05) is 74.1 Å². The van der Waals surface area contributed by atoms with Crippen LogP contribution < -0.4 is 9.47 Å². The fraction of sp³-hybridized carbons (Fsp3) is 0.0952. The SMILES string of the molecule is CCc1cc2c3cc(CC)c(Oc4[c-]c(-c5ccccn5)ccc4)[c-]c3n(-c3ncccn3)c2[c-]c1Oc1[c-]c(-c2ccccn2)ccc1.[Pt+2].[Pt+2]. The molecule has 7 nitrogen and oxygen atoms in total. The van der Waals surface area contributed by atoms with Gasteiger partial charge in [-0.2, -0.15) is 22.9 Å². The number of aryl methyl sites for hydroxylation is 2. The van der Waals surface area contributed by atoms with Crippen LogP contribution in [0.5, 0.6) is 23.0 Å². The average molecular weight is 1030 g/mol. The van der Waals surface area contributed by atoms with Gasteiger partial charge >= 0.3 is 42.1 Å². The van der Waals surface area contributed by atoms with Crippen molar-refractivity contribution in [2.24, 2.45) is 0 Å². The third-order valence-corrected chi connectivity index (χ3v) is 8.29. The van der Waals surface area contributed by atoms with E-state index in [1.807, 2.05) is 77.4 Å². The van der Waals surface area contributed by atoms with E-state index in [4.69, 9.17) is 9.47 Å². The topological polar surface area (TPSA) is 75.0 Å². The predicted octanol–water partition coefficient (Wildman–Crippen LogP) is 9.60. The molecule has 0 aliphatic rings. The van der Waals surface area contributed by atoms with E-state index in [0.717, 1.165) is 68.3 Å². The van der Waals surface area contributed by atoms with Crippen molar-refractivity contribution in [1.82, 2.24) is 24.5 Å². The van der Waals surface area contributed by atoms with Crippen LogP contribution in [0.15, 0.2) is 116 Å². The molecule has 0 atom stereocenters. The number of aromatic nitrogens is 5. The van der Waals surface area contributed by atoms with Gasteiger partial charge in [0.05, 0.1) is 0 Å². The summed E-state index contributed by atoms with van der Waals surface area (Å²) < 4.78 is 15.0. The predicted molar refractivity (Wildman–Crippen MR) is 190 cm³/mol. The average Bonchev–Trinajstić information content (AvgIpc) is 3.47. The maximum absolute atomic E-state index is 6.52. The second kappa shape index (κ2) is 15.9. The second-order valence-electron chi connectivity index (χ2n) is 11.4. The summed E-state index contributed by atoms with van der Waals surface area (Å²) in [5.74, 6) is 2.86. The molecule has 0 radical (unpaired) electrons. The molecule has 0 fully saturated rings. The molecule has 0 N–H and O–H groups in total. The number of benzene rings is 4. The second-order valence-corrected chi connectivity index (χ2v) is 11.4. The van der Waals surface area contributed by atoms with Crippen LogP contribution >= 0.6 is 0 Å². The van der Waals surface area contributed by atoms with E-state index in [0.29, 0.717) is 28.9 Å². The Kier molecular flexibility index (Phi) is 11.2. The van der Waals surface area contributed by atoms with Crippen molar-refractivity contribution < 1.29 is 51.6 Å². The van der Waals surface area contributed by atoms with Crippen LogP contribution in [0.2, 0.25) is 0 Å². The summed E-state index contributed by atoms with van der Waals surface area (Å²) in [5.41, 5.74) is 6.91. The van der Waals surface area contributed by atoms with Crippen molar-refractivity contribution in [2.45, 2.75) is 26.7 Å². The van der Waals surface area contributed by atoms with Crippen LogP contribution in [0.25, 0.3) is 50.3 Å². The maximum Gasteiger partial charge on any atom is 2.00 e. The van der Waals surface area contributed by atoms with Crippen molar-refractivity contribution in [1.29, 1.82) is 0 Å². The van der Waals surface area contributed by atoms with Crippen LogP contribution in [0, 0.1) is 24.3 Å². The molecule has 254 valence electrons. The summed E-state index contributed by atoms with van der Waals surface area (Å²) in [5, 5.41) is 2.00. The van der Waals surface area contributed by atoms with E-state index in [1.165, 1.54) is 0 Å². The Morgan fingerprint density at radius 2 is 1.00 bits per heavy atom. The van der Waals surface area contributed by atoms with Crippen LogP contribution in [-0.4, -0.2) is 24.5 Å². The molecule has 0 unspecified atom stereocenters. The summed E-state index contributed by atoms with van der Waals surface area (Å²) in [6.45, 7) is 4.22. The maximum atomic E-state index is 6.52. The van der Waals surface area contributed by atoms with E-state index in [-0.39, 0.29) is 42.1 Å². The fourth-order valence-electron chi connectivity index (χ4n) is 5.89. The normalized spacial score (nSPS) is 10.8. The van der Waals surface area contributed by atoms with Gasteiger partial charge < -0.3 is 24.0 Å². The molecule has 8 rings (SSSR count). The molecule has 0 spiro atoms. The van der Waals surface area contributed by atoms with Gasteiger partial charge in [-0.25, -0.2) is 9.97 Å². The Morgan fingerprint density at radius 3 is 1.43 bits per heavy atom. The molecule has 0 saturated carbocycles. The zero-order chi connectivity index (χ0) is 33.2. The summed E-state index contributed by atoms with van der Waals surface area (Å²) >= 11 is 0. The van der Waals surface area contributed by atoms with Gasteiger partial charge in [-0.15, -0.1) is 70.8 Å². The van der Waals surface area contributed by atoms with Crippen LogP contribution in [0.3, 0.4) is 0 Å². The van der Waals surface area contributed by atoms with Crippen LogP contribution in [0.1, 0.15) is 25.0 Å². The van der Waals surface area contributed by atoms with Crippen molar-refractivity contribution in [3.8, 4) is 51.5 Å². The van der Waals surface area contributed by atoms with Crippen molar-refractivity contribution in [3.05, 3.63) is 151 Å². The summed E-state index contributed by atoms with van der Waals surface area (Å²) in [6, 6.07) is 43.3. The van der Waals surface area contributed by atoms with Gasteiger partial charge in [0.15, 0.2) is 0 Å². The van der Waals surface area contributed by atoms with Crippen molar-refractivity contribution in [3.63, 3.8) is 0 Å². The molecule has 4 aromatic carbocycles. The van der Waals surface area contributed by atoms with Gasteiger partial charge in [-0.05, 0) is 29.6 Å². The molecule has 8 aromatic rings. The molecule has 0 bridgehead atoms. The quantitative estimate of drug-likeness (QED) is 0.134. The molecule has 4 heterocycles. The van der Waals surface area contributed by atoms with Gasteiger partial charge in [-0.3, -0.25) is 0 Å². The van der Waals surface area contributed by atoms with Crippen LogP contribution in [-0.2, 0) is 55.0 Å². The van der Waals surface area contributed by atoms with E-state index >= 15 is 0 Å². The minimum atomic E-state index is 0. The first-order chi connectivity index (χ1) is 24.2. The number of ether oxygens (including phenoxy) is 2. The molecule has 0 saturated heterocycles. The number of nitrogens with zero attached hydrogens (tertiary/aromatic N) is 5. The Bertz CT molecular complexity index is 2270. The molecule has 0 aliphatic carbocycles. The van der Waals surface area contributed by atoms with Crippen molar-refractivity contribution in [2.75, 3.05) is 0 Å². The molecule has 4 aromatic heterocycles. The number of pyridine rings is 2. The Morgan fingerprint density at radius 1 is 0.529 bits per heavy atom. The Hall–Kier alpha value is -4.96. The smallest absolute Gasteiger partial charge is 0.503 e. The Balaban J connectivity index is 0.00000224. The summed E-state index contributed by atoms with van der Waals surface area (Å²) in [4.78, 5) is 18.2. The number of hydrogen-bond donors (Lipinski definition) is 0. The third-order valence-electron chi connectivity index (χ3n) is 8.29. The van der Waals surface area contributed by atoms with Gasteiger partial charge in [0.25, 0.3) is 0 Å². The Labute approximate surface area is 325 Å². The molecular weight excluding hydrogens is 997 g/mol. The van der Waals surface area contributed by atoms with Gasteiger partial charge in [0, 0.05) is 47.8 Å². The first-order valence-corrected chi connectivity index (χ1v) is 16.2. The molecular formula is C42H29N5O2Pt2. The van der Waals surface area contributed by atoms with E-state index in [2.05, 4.69) is 70.2 Å². The van der Waals surface area contributed by atoms with Crippen molar-refractivity contribution >= 4 is 21.8 Å². The zero-order valence-electron chi connectivity index (χ0n) is 27.6. The number of fused-ring (bicyclic) bond motifs is 3. The molecule has 51 heavy (non-hydrogen) atoms. The monoisotopic (exact) mass is 1030 g/mol. The van der Waals surface area contributed by atoms with Crippen LogP contribution in [0.4, 0.5) is 0 Å². The number of rotatable bonds is 9. The minimum Gasteiger partial charge on any atom is -0.503 e. The fourth-order valence-corrected chi connectivity index (χ4v) is 5.89. The minimum absolute atomic E-state index is 0. The molecule has 0 amide bonds. The third kappa shape index (κ3) is 7.28. The molecule has 9 heteroatoms. The standard InChI is InChI=1S/C42H29N5O2.2Pt/c1-3-28-24-34-35-25-29(4-2)41(49-33-15-10-13-31(23-33)37-17-6-8-19-44-37)27-39(35)47(42-45-20-11-21-46-42)38(34)26-40(28)48-32-14-9-12-30(22-32)36-16-5-7-18-43-36;;/h5-21,24-25H,3-4H2,1-2H3;;/q-4;2*+2. The van der Waals surface area contributed by atoms with Gasteiger partial charge in [0.1, 0.15) is 0 Å². The summed E-state index contributed by atoms with van der Waals surface area (Å²) in [6.07, 6.45) is 8.48. The zero-order valence-corrected chi connectivity index (χ0v) is 32.1. The first kappa shape index (κ1) is 35.8. The van der Waals surface area contributed by atoms with E-state index in [9.17, 15) is 0 Å². The van der Waals surface area contributed by atoms with E-state index in [1.54, 1.807) is 30.9 Å².